The molecule has 0 spiro atoms. The van der Waals surface area contributed by atoms with E-state index in [1.807, 2.05) is 48.5 Å². The molecule has 2 aromatic carbocycles. The zero-order valence-corrected chi connectivity index (χ0v) is 16.2. The Labute approximate surface area is 163 Å². The topological polar surface area (TPSA) is 64.6 Å². The Morgan fingerprint density at radius 3 is 2.07 bits per heavy atom. The van der Waals surface area contributed by atoms with Gasteiger partial charge in [0.1, 0.15) is 12.6 Å². The molecule has 0 bridgehead atoms. The molecule has 0 unspecified atom stereocenters. The number of ether oxygens (including phenoxy) is 2. The highest BCUT2D eigenvalue weighted by Crippen LogP contribution is 2.44. The summed E-state index contributed by atoms with van der Waals surface area (Å²) in [7, 11) is 0. The highest BCUT2D eigenvalue weighted by atomic mass is 19.1. The molecule has 0 radical (unpaired) electrons. The lowest BCUT2D eigenvalue weighted by molar-refractivity contribution is -0.134. The summed E-state index contributed by atoms with van der Waals surface area (Å²) in [5.74, 6) is -0.108. The van der Waals surface area contributed by atoms with E-state index >= 15 is 0 Å². The van der Waals surface area contributed by atoms with Crippen molar-refractivity contribution in [2.45, 2.75) is 38.3 Å². The minimum absolute atomic E-state index is 0.0905. The fraction of sp³-hybridized carbons (Fsp3) is 0.364. The first-order valence-corrected chi connectivity index (χ1v) is 9.21. The number of carbonyl (C=O) groups excluding carboxylic acids is 2. The van der Waals surface area contributed by atoms with E-state index in [-0.39, 0.29) is 19.1 Å². The van der Waals surface area contributed by atoms with Crippen molar-refractivity contribution in [1.29, 1.82) is 0 Å². The van der Waals surface area contributed by atoms with Crippen LogP contribution in [-0.4, -0.2) is 37.0 Å². The third-order valence-corrected chi connectivity index (χ3v) is 4.59. The second-order valence-electron chi connectivity index (χ2n) is 7.75. The Bertz CT molecular complexity index is 829. The molecule has 0 aromatic heterocycles. The zero-order chi connectivity index (χ0) is 20.3. The van der Waals surface area contributed by atoms with Crippen LogP contribution in [0.2, 0.25) is 0 Å². The van der Waals surface area contributed by atoms with E-state index in [1.165, 1.54) is 0 Å². The molecule has 0 heterocycles. The number of hydrogen-bond acceptors (Lipinski definition) is 4. The molecular formula is C22H24FNO4. The van der Waals surface area contributed by atoms with E-state index in [1.54, 1.807) is 20.8 Å². The van der Waals surface area contributed by atoms with Gasteiger partial charge in [0.05, 0.1) is 12.2 Å². The van der Waals surface area contributed by atoms with E-state index in [4.69, 9.17) is 9.47 Å². The largest absolute Gasteiger partial charge is 0.449 e. The Morgan fingerprint density at radius 2 is 1.57 bits per heavy atom. The number of rotatable bonds is 6. The van der Waals surface area contributed by atoms with Crippen LogP contribution in [0, 0.1) is 0 Å². The van der Waals surface area contributed by atoms with Crippen molar-refractivity contribution in [1.82, 2.24) is 5.32 Å². The van der Waals surface area contributed by atoms with Crippen LogP contribution in [0.4, 0.5) is 9.18 Å². The third kappa shape index (κ3) is 4.57. The average Bonchev–Trinajstić information content (AvgIpc) is 2.96. The van der Waals surface area contributed by atoms with Crippen LogP contribution in [-0.2, 0) is 14.3 Å². The van der Waals surface area contributed by atoms with E-state index in [2.05, 4.69) is 5.32 Å². The van der Waals surface area contributed by atoms with Gasteiger partial charge in [0.15, 0.2) is 0 Å². The molecule has 5 nitrogen and oxygen atoms in total. The molecular weight excluding hydrogens is 361 g/mol. The maximum Gasteiger partial charge on any atom is 0.407 e. The van der Waals surface area contributed by atoms with Crippen molar-refractivity contribution in [2.24, 2.45) is 0 Å². The first kappa shape index (κ1) is 20.0. The Morgan fingerprint density at radius 1 is 1.04 bits per heavy atom. The van der Waals surface area contributed by atoms with Gasteiger partial charge in [0.25, 0.3) is 0 Å². The predicted octanol–water partition coefficient (Wildman–Crippen LogP) is 4.20. The summed E-state index contributed by atoms with van der Waals surface area (Å²) in [5.41, 5.74) is 3.82. The number of alkyl carbamates (subject to hydrolysis) is 1. The second-order valence-corrected chi connectivity index (χ2v) is 7.75. The molecule has 0 saturated carbocycles. The van der Waals surface area contributed by atoms with Crippen molar-refractivity contribution in [3.63, 3.8) is 0 Å². The predicted molar refractivity (Wildman–Crippen MR) is 104 cm³/mol. The van der Waals surface area contributed by atoms with E-state index < -0.39 is 23.8 Å². The van der Waals surface area contributed by atoms with Gasteiger partial charge in [-0.1, -0.05) is 48.5 Å². The number of amides is 1. The van der Waals surface area contributed by atoms with Crippen LogP contribution in [0.25, 0.3) is 11.1 Å². The first-order valence-electron chi connectivity index (χ1n) is 9.21. The monoisotopic (exact) mass is 385 g/mol. The van der Waals surface area contributed by atoms with Crippen molar-refractivity contribution >= 4 is 12.1 Å². The number of benzene rings is 2. The van der Waals surface area contributed by atoms with Crippen LogP contribution in [0.3, 0.4) is 0 Å². The van der Waals surface area contributed by atoms with Gasteiger partial charge in [0.2, 0.25) is 0 Å². The van der Waals surface area contributed by atoms with Crippen LogP contribution in [0.5, 0.6) is 0 Å². The van der Waals surface area contributed by atoms with Gasteiger partial charge >= 0.3 is 12.1 Å². The lowest BCUT2D eigenvalue weighted by atomic mass is 9.98. The van der Waals surface area contributed by atoms with Gasteiger partial charge in [-0.15, -0.1) is 0 Å². The normalized spacial score (nSPS) is 14.1. The summed E-state index contributed by atoms with van der Waals surface area (Å²) in [4.78, 5) is 23.3. The molecule has 28 heavy (non-hydrogen) atoms. The van der Waals surface area contributed by atoms with Gasteiger partial charge in [-0.3, -0.25) is 4.79 Å². The number of fused-ring (bicyclic) bond motifs is 3. The second kappa shape index (κ2) is 8.10. The van der Waals surface area contributed by atoms with Gasteiger partial charge in [-0.25, -0.2) is 4.79 Å². The molecule has 0 aliphatic heterocycles. The Balaban J connectivity index is 1.65. The Kier molecular flexibility index (Phi) is 5.79. The number of halogens is 1. The quantitative estimate of drug-likeness (QED) is 0.757. The van der Waals surface area contributed by atoms with Gasteiger partial charge in [-0.2, -0.15) is 4.39 Å². The van der Waals surface area contributed by atoms with E-state index in [9.17, 15) is 14.0 Å². The standard InChI is InChI=1S/C22H24FNO4/c1-22(2,3)28-13-19(20(23)25)24-21(26)27-12-18-16-10-6-4-8-14(16)15-9-5-7-11-17(15)18/h4-11,18-19H,12-13H2,1-3H3,(H,24,26)/t19-/m1/s1. The average molecular weight is 385 g/mol. The molecule has 1 atom stereocenters. The van der Waals surface area contributed by atoms with Crippen LogP contribution in [0.1, 0.15) is 37.8 Å². The SMILES string of the molecule is CC(C)(C)OC[C@@H](NC(=O)OCC1c2ccccc2-c2ccccc21)C(=O)F. The molecule has 3 rings (SSSR count). The fourth-order valence-electron chi connectivity index (χ4n) is 3.28. The molecule has 1 N–H and O–H groups in total. The van der Waals surface area contributed by atoms with E-state index in [0.29, 0.717) is 0 Å². The maximum absolute atomic E-state index is 13.2. The van der Waals surface area contributed by atoms with Crippen molar-refractivity contribution < 1.29 is 23.5 Å². The van der Waals surface area contributed by atoms with Gasteiger partial charge < -0.3 is 14.8 Å². The van der Waals surface area contributed by atoms with Gasteiger partial charge in [-0.05, 0) is 43.0 Å². The molecule has 0 saturated heterocycles. The highest BCUT2D eigenvalue weighted by Gasteiger charge is 2.30. The number of carbonyl (C=O) groups is 2. The lowest BCUT2D eigenvalue weighted by Crippen LogP contribution is -2.44. The summed E-state index contributed by atoms with van der Waals surface area (Å²) in [6.45, 7) is 5.16. The molecule has 6 heteroatoms. The maximum atomic E-state index is 13.2. The number of hydrogen-bond donors (Lipinski definition) is 1. The lowest BCUT2D eigenvalue weighted by Gasteiger charge is -2.23. The molecule has 1 aliphatic rings. The molecule has 2 aromatic rings. The summed E-state index contributed by atoms with van der Waals surface area (Å²) >= 11 is 0. The Hall–Kier alpha value is -2.73. The minimum atomic E-state index is -1.67. The van der Waals surface area contributed by atoms with Crippen molar-refractivity contribution in [3.8, 4) is 11.1 Å². The first-order chi connectivity index (χ1) is 13.3. The summed E-state index contributed by atoms with van der Waals surface area (Å²) in [5, 5.41) is 2.25. The van der Waals surface area contributed by atoms with E-state index in [0.717, 1.165) is 22.3 Å². The summed E-state index contributed by atoms with van der Waals surface area (Å²) in [6.07, 6.45) is -0.852. The third-order valence-electron chi connectivity index (χ3n) is 4.59. The number of nitrogens with one attached hydrogen (secondary N) is 1. The fourth-order valence-corrected chi connectivity index (χ4v) is 3.28. The van der Waals surface area contributed by atoms with Crippen LogP contribution >= 0.6 is 0 Å². The smallest absolute Gasteiger partial charge is 0.407 e. The van der Waals surface area contributed by atoms with Crippen LogP contribution in [0.15, 0.2) is 48.5 Å². The summed E-state index contributed by atoms with van der Waals surface area (Å²) < 4.78 is 24.0. The van der Waals surface area contributed by atoms with Crippen molar-refractivity contribution in [3.05, 3.63) is 59.7 Å². The van der Waals surface area contributed by atoms with Crippen LogP contribution < -0.4 is 5.32 Å². The van der Waals surface area contributed by atoms with Crippen molar-refractivity contribution in [2.75, 3.05) is 13.2 Å². The summed E-state index contributed by atoms with van der Waals surface area (Å²) in [6, 6.07) is 12.9. The molecule has 148 valence electrons. The minimum Gasteiger partial charge on any atom is -0.449 e. The highest BCUT2D eigenvalue weighted by molar-refractivity contribution is 5.81. The molecule has 1 amide bonds. The molecule has 0 fully saturated rings. The molecule has 1 aliphatic carbocycles. The van der Waals surface area contributed by atoms with Gasteiger partial charge in [0, 0.05) is 5.92 Å². The zero-order valence-electron chi connectivity index (χ0n) is 16.2.